The van der Waals surface area contributed by atoms with Gasteiger partial charge >= 0.3 is 0 Å². The van der Waals surface area contributed by atoms with Crippen LogP contribution in [0.3, 0.4) is 0 Å². The van der Waals surface area contributed by atoms with Crippen LogP contribution >= 0.6 is 0 Å². The van der Waals surface area contributed by atoms with Crippen molar-refractivity contribution in [3.63, 3.8) is 0 Å². The van der Waals surface area contributed by atoms with E-state index in [1.54, 1.807) is 0 Å². The lowest BCUT2D eigenvalue weighted by Gasteiger charge is -2.40. The number of nitriles is 1. The summed E-state index contributed by atoms with van der Waals surface area (Å²) < 4.78 is 0. The first-order valence-corrected chi connectivity index (χ1v) is 6.05. The SMILES string of the molecule is N#Cc1ccc(C2CNC(=O)C23CCC3)cc1. The molecule has 1 unspecified atom stereocenters. The van der Waals surface area contributed by atoms with Crippen molar-refractivity contribution in [2.24, 2.45) is 5.41 Å². The van der Waals surface area contributed by atoms with Crippen LogP contribution in [0.5, 0.6) is 0 Å². The number of benzene rings is 1. The smallest absolute Gasteiger partial charge is 0.226 e. The molecule has 86 valence electrons. The van der Waals surface area contributed by atoms with E-state index in [0.29, 0.717) is 5.56 Å². The van der Waals surface area contributed by atoms with E-state index in [0.717, 1.165) is 25.8 Å². The maximum Gasteiger partial charge on any atom is 0.226 e. The molecule has 2 fully saturated rings. The molecular formula is C14H14N2O. The van der Waals surface area contributed by atoms with Gasteiger partial charge in [-0.05, 0) is 30.5 Å². The fourth-order valence-corrected chi connectivity index (χ4v) is 3.08. The van der Waals surface area contributed by atoms with Gasteiger partial charge in [-0.3, -0.25) is 4.79 Å². The molecule has 3 nitrogen and oxygen atoms in total. The van der Waals surface area contributed by atoms with Gasteiger partial charge in [0.25, 0.3) is 0 Å². The average Bonchev–Trinajstić information content (AvgIpc) is 2.66. The van der Waals surface area contributed by atoms with Crippen molar-refractivity contribution in [2.45, 2.75) is 25.2 Å². The Kier molecular flexibility index (Phi) is 2.19. The first-order valence-electron chi connectivity index (χ1n) is 6.05. The monoisotopic (exact) mass is 226 g/mol. The van der Waals surface area contributed by atoms with Crippen LogP contribution in [-0.4, -0.2) is 12.5 Å². The number of carbonyl (C=O) groups is 1. The van der Waals surface area contributed by atoms with Crippen molar-refractivity contribution in [3.8, 4) is 6.07 Å². The largest absolute Gasteiger partial charge is 0.355 e. The summed E-state index contributed by atoms with van der Waals surface area (Å²) in [5.74, 6) is 0.509. The summed E-state index contributed by atoms with van der Waals surface area (Å²) in [6.45, 7) is 0.741. The van der Waals surface area contributed by atoms with Crippen LogP contribution < -0.4 is 5.32 Å². The quantitative estimate of drug-likeness (QED) is 0.795. The summed E-state index contributed by atoms with van der Waals surface area (Å²) in [5.41, 5.74) is 1.71. The molecule has 1 aromatic rings. The molecule has 1 amide bonds. The third kappa shape index (κ3) is 1.37. The molecule has 2 aliphatic rings. The molecule has 0 bridgehead atoms. The van der Waals surface area contributed by atoms with Gasteiger partial charge in [-0.2, -0.15) is 5.26 Å². The van der Waals surface area contributed by atoms with Gasteiger partial charge in [-0.1, -0.05) is 18.6 Å². The van der Waals surface area contributed by atoms with Gasteiger partial charge in [-0.25, -0.2) is 0 Å². The minimum absolute atomic E-state index is 0.145. The number of nitrogens with one attached hydrogen (secondary N) is 1. The van der Waals surface area contributed by atoms with Crippen LogP contribution in [0.4, 0.5) is 0 Å². The molecule has 1 aliphatic heterocycles. The van der Waals surface area contributed by atoms with E-state index < -0.39 is 0 Å². The summed E-state index contributed by atoms with van der Waals surface area (Å²) in [7, 11) is 0. The molecule has 1 saturated carbocycles. The average molecular weight is 226 g/mol. The molecule has 3 heteroatoms. The van der Waals surface area contributed by atoms with Crippen molar-refractivity contribution in [1.82, 2.24) is 5.32 Å². The fraction of sp³-hybridized carbons (Fsp3) is 0.429. The second-order valence-electron chi connectivity index (χ2n) is 5.01. The molecule has 3 rings (SSSR count). The molecule has 1 N–H and O–H groups in total. The number of amides is 1. The minimum atomic E-state index is -0.145. The number of rotatable bonds is 1. The van der Waals surface area contributed by atoms with Gasteiger partial charge in [0.05, 0.1) is 17.0 Å². The predicted molar refractivity (Wildman–Crippen MR) is 63.2 cm³/mol. The van der Waals surface area contributed by atoms with Gasteiger partial charge in [0.15, 0.2) is 0 Å². The first-order chi connectivity index (χ1) is 8.26. The van der Waals surface area contributed by atoms with Crippen LogP contribution in [0.2, 0.25) is 0 Å². The topological polar surface area (TPSA) is 52.9 Å². The second-order valence-corrected chi connectivity index (χ2v) is 5.01. The third-order valence-corrected chi connectivity index (χ3v) is 4.27. The Morgan fingerprint density at radius 1 is 1.29 bits per heavy atom. The van der Waals surface area contributed by atoms with Crippen molar-refractivity contribution < 1.29 is 4.79 Å². The Morgan fingerprint density at radius 3 is 2.53 bits per heavy atom. The van der Waals surface area contributed by atoms with Gasteiger partial charge in [0.2, 0.25) is 5.91 Å². The summed E-state index contributed by atoms with van der Waals surface area (Å²) in [6, 6.07) is 9.77. The Balaban J connectivity index is 1.93. The Bertz CT molecular complexity index is 494. The molecule has 1 saturated heterocycles. The molecule has 1 aliphatic carbocycles. The first kappa shape index (κ1) is 10.3. The maximum absolute atomic E-state index is 11.9. The highest BCUT2D eigenvalue weighted by molar-refractivity contribution is 5.87. The fourth-order valence-electron chi connectivity index (χ4n) is 3.08. The molecule has 1 spiro atoms. The molecule has 17 heavy (non-hydrogen) atoms. The van der Waals surface area contributed by atoms with E-state index in [2.05, 4.69) is 11.4 Å². The van der Waals surface area contributed by atoms with Crippen LogP contribution in [0.1, 0.15) is 36.3 Å². The highest BCUT2D eigenvalue weighted by Crippen LogP contribution is 2.53. The van der Waals surface area contributed by atoms with Gasteiger partial charge in [0, 0.05) is 12.5 Å². The Labute approximate surface area is 100 Å². The molecule has 0 aromatic heterocycles. The molecule has 1 aromatic carbocycles. The summed E-state index contributed by atoms with van der Waals surface area (Å²) >= 11 is 0. The van der Waals surface area contributed by atoms with Crippen LogP contribution in [-0.2, 0) is 4.79 Å². The lowest BCUT2D eigenvalue weighted by molar-refractivity contribution is -0.132. The molecule has 1 atom stereocenters. The van der Waals surface area contributed by atoms with Crippen molar-refractivity contribution in [3.05, 3.63) is 35.4 Å². The van der Waals surface area contributed by atoms with Crippen LogP contribution in [0, 0.1) is 16.7 Å². The van der Waals surface area contributed by atoms with E-state index >= 15 is 0 Å². The van der Waals surface area contributed by atoms with E-state index in [-0.39, 0.29) is 17.2 Å². The third-order valence-electron chi connectivity index (χ3n) is 4.27. The zero-order valence-electron chi connectivity index (χ0n) is 9.57. The van der Waals surface area contributed by atoms with Crippen LogP contribution in [0.25, 0.3) is 0 Å². The minimum Gasteiger partial charge on any atom is -0.355 e. The second kappa shape index (κ2) is 3.59. The highest BCUT2D eigenvalue weighted by atomic mass is 16.2. The zero-order valence-corrected chi connectivity index (χ0v) is 9.57. The Morgan fingerprint density at radius 2 is 2.00 bits per heavy atom. The summed E-state index contributed by atoms with van der Waals surface area (Å²) in [4.78, 5) is 11.9. The number of hydrogen-bond donors (Lipinski definition) is 1. The maximum atomic E-state index is 11.9. The van der Waals surface area contributed by atoms with Crippen molar-refractivity contribution in [1.29, 1.82) is 5.26 Å². The summed E-state index contributed by atoms with van der Waals surface area (Å²) in [6.07, 6.45) is 3.16. The Hall–Kier alpha value is -1.82. The number of carbonyl (C=O) groups excluding carboxylic acids is 1. The van der Waals surface area contributed by atoms with Gasteiger partial charge < -0.3 is 5.32 Å². The van der Waals surface area contributed by atoms with E-state index in [9.17, 15) is 4.79 Å². The standard InChI is InChI=1S/C14H14N2O/c15-8-10-2-4-11(5-3-10)12-9-16-13(17)14(12)6-1-7-14/h2-5,12H,1,6-7,9H2,(H,16,17). The predicted octanol–water partition coefficient (Wildman–Crippen LogP) is 1.94. The lowest BCUT2D eigenvalue weighted by atomic mass is 9.61. The van der Waals surface area contributed by atoms with E-state index in [4.69, 9.17) is 5.26 Å². The van der Waals surface area contributed by atoms with Crippen molar-refractivity contribution in [2.75, 3.05) is 6.54 Å². The van der Waals surface area contributed by atoms with E-state index in [1.807, 2.05) is 24.3 Å². The van der Waals surface area contributed by atoms with E-state index in [1.165, 1.54) is 5.56 Å². The van der Waals surface area contributed by atoms with Crippen LogP contribution in [0.15, 0.2) is 24.3 Å². The number of hydrogen-bond acceptors (Lipinski definition) is 2. The highest BCUT2D eigenvalue weighted by Gasteiger charge is 2.54. The lowest BCUT2D eigenvalue weighted by Crippen LogP contribution is -2.40. The normalized spacial score (nSPS) is 25.1. The van der Waals surface area contributed by atoms with Gasteiger partial charge in [-0.15, -0.1) is 0 Å². The van der Waals surface area contributed by atoms with Gasteiger partial charge in [0.1, 0.15) is 0 Å². The number of nitrogens with zero attached hydrogens (tertiary/aromatic N) is 1. The molecule has 0 radical (unpaired) electrons. The molecule has 1 heterocycles. The molecular weight excluding hydrogens is 212 g/mol. The van der Waals surface area contributed by atoms with Crippen molar-refractivity contribution >= 4 is 5.91 Å². The summed E-state index contributed by atoms with van der Waals surface area (Å²) in [5, 5.41) is 11.8. The zero-order chi connectivity index (χ0) is 11.9.